The number of halogens is 1. The van der Waals surface area contributed by atoms with Crippen LogP contribution in [-0.4, -0.2) is 13.5 Å². The van der Waals surface area contributed by atoms with Crippen LogP contribution < -0.4 is 4.72 Å². The second-order valence-electron chi connectivity index (χ2n) is 4.51. The summed E-state index contributed by atoms with van der Waals surface area (Å²) in [5.41, 5.74) is 1.36. The van der Waals surface area contributed by atoms with E-state index in [2.05, 4.69) is 4.72 Å². The van der Waals surface area contributed by atoms with Gasteiger partial charge in [0.25, 0.3) is 10.0 Å². The topological polar surface area (TPSA) is 66.4 Å². The Balaban J connectivity index is 2.47. The van der Waals surface area contributed by atoms with Crippen LogP contribution in [0.3, 0.4) is 0 Å². The van der Waals surface area contributed by atoms with Crippen LogP contribution in [0.2, 0.25) is 0 Å². The van der Waals surface area contributed by atoms with E-state index in [-0.39, 0.29) is 11.4 Å². The van der Waals surface area contributed by atoms with Crippen molar-refractivity contribution in [3.05, 3.63) is 53.3 Å². The monoisotopic (exact) mass is 295 g/mol. The lowest BCUT2D eigenvalue weighted by Crippen LogP contribution is -2.14. The lowest BCUT2D eigenvalue weighted by atomic mass is 10.1. The van der Waals surface area contributed by atoms with Gasteiger partial charge in [0.1, 0.15) is 16.5 Å². The van der Waals surface area contributed by atoms with Crippen molar-refractivity contribution in [2.75, 3.05) is 4.72 Å². The molecule has 0 saturated heterocycles. The van der Waals surface area contributed by atoms with Gasteiger partial charge < -0.3 is 5.11 Å². The summed E-state index contributed by atoms with van der Waals surface area (Å²) in [5, 5.41) is 9.88. The summed E-state index contributed by atoms with van der Waals surface area (Å²) in [6.45, 7) is 3.43. The van der Waals surface area contributed by atoms with Crippen LogP contribution in [0.1, 0.15) is 11.1 Å². The number of anilines is 1. The molecule has 0 aromatic heterocycles. The van der Waals surface area contributed by atoms with Gasteiger partial charge in [0.05, 0.1) is 5.69 Å². The lowest BCUT2D eigenvalue weighted by Gasteiger charge is -2.12. The molecule has 0 aliphatic rings. The van der Waals surface area contributed by atoms with E-state index in [4.69, 9.17) is 0 Å². The molecule has 0 fully saturated rings. The molecule has 0 unspecified atom stereocenters. The number of aryl methyl sites for hydroxylation is 2. The molecule has 20 heavy (non-hydrogen) atoms. The molecule has 0 spiro atoms. The quantitative estimate of drug-likeness (QED) is 0.856. The van der Waals surface area contributed by atoms with Crippen LogP contribution in [0.5, 0.6) is 5.75 Å². The molecule has 0 bridgehead atoms. The lowest BCUT2D eigenvalue weighted by molar-refractivity contribution is 0.473. The molecule has 2 N–H and O–H groups in total. The Morgan fingerprint density at radius 2 is 1.80 bits per heavy atom. The average molecular weight is 295 g/mol. The number of aromatic hydroxyl groups is 1. The van der Waals surface area contributed by atoms with Crippen molar-refractivity contribution in [2.45, 2.75) is 18.7 Å². The van der Waals surface area contributed by atoms with E-state index in [1.54, 1.807) is 19.9 Å². The molecule has 2 aromatic rings. The minimum atomic E-state index is -4.09. The van der Waals surface area contributed by atoms with Crippen molar-refractivity contribution >= 4 is 15.7 Å². The minimum Gasteiger partial charge on any atom is -0.505 e. The van der Waals surface area contributed by atoms with Gasteiger partial charge in [0.15, 0.2) is 0 Å². The molecule has 0 aliphatic carbocycles. The van der Waals surface area contributed by atoms with E-state index in [1.807, 2.05) is 0 Å². The van der Waals surface area contributed by atoms with E-state index in [1.165, 1.54) is 18.2 Å². The van der Waals surface area contributed by atoms with Gasteiger partial charge in [-0.15, -0.1) is 0 Å². The molecule has 0 amide bonds. The van der Waals surface area contributed by atoms with Crippen molar-refractivity contribution < 1.29 is 17.9 Å². The molecule has 0 radical (unpaired) electrons. The fraction of sp³-hybridized carbons (Fsp3) is 0.143. The summed E-state index contributed by atoms with van der Waals surface area (Å²) in [4.78, 5) is -0.460. The van der Waals surface area contributed by atoms with Gasteiger partial charge in [-0.1, -0.05) is 18.2 Å². The van der Waals surface area contributed by atoms with E-state index < -0.39 is 20.7 Å². The predicted octanol–water partition coefficient (Wildman–Crippen LogP) is 2.95. The summed E-state index contributed by atoms with van der Waals surface area (Å²) in [5.74, 6) is -1.01. The van der Waals surface area contributed by atoms with Crippen LogP contribution in [0.4, 0.5) is 10.1 Å². The average Bonchev–Trinajstić information content (AvgIpc) is 2.35. The summed E-state index contributed by atoms with van der Waals surface area (Å²) in [7, 11) is -4.09. The van der Waals surface area contributed by atoms with E-state index >= 15 is 0 Å². The van der Waals surface area contributed by atoms with Gasteiger partial charge in [-0.3, -0.25) is 4.72 Å². The van der Waals surface area contributed by atoms with Gasteiger partial charge in [0.2, 0.25) is 0 Å². The smallest absolute Gasteiger partial charge is 0.264 e. The van der Waals surface area contributed by atoms with Crippen LogP contribution in [-0.2, 0) is 10.0 Å². The van der Waals surface area contributed by atoms with Gasteiger partial charge in [-0.2, -0.15) is 0 Å². The third-order valence-corrected chi connectivity index (χ3v) is 4.21. The summed E-state index contributed by atoms with van der Waals surface area (Å²) < 4.78 is 40.0. The highest BCUT2D eigenvalue weighted by Gasteiger charge is 2.20. The Hall–Kier alpha value is -2.08. The number of nitrogens with one attached hydrogen (secondary N) is 1. The molecule has 4 nitrogen and oxygen atoms in total. The zero-order valence-electron chi connectivity index (χ0n) is 11.0. The first kappa shape index (κ1) is 14.3. The number of phenols is 1. The Labute approximate surface area is 116 Å². The third kappa shape index (κ3) is 2.75. The Bertz CT molecular complexity index is 757. The van der Waals surface area contributed by atoms with Crippen molar-refractivity contribution in [3.63, 3.8) is 0 Å². The molecule has 0 saturated carbocycles. The molecule has 2 aromatic carbocycles. The van der Waals surface area contributed by atoms with Gasteiger partial charge in [-0.25, -0.2) is 12.8 Å². The first-order chi connectivity index (χ1) is 9.31. The molecule has 0 heterocycles. The highest BCUT2D eigenvalue weighted by Crippen LogP contribution is 2.30. The maximum Gasteiger partial charge on any atom is 0.264 e. The second kappa shape index (κ2) is 5.13. The normalized spacial score (nSPS) is 11.3. The van der Waals surface area contributed by atoms with Crippen molar-refractivity contribution in [2.24, 2.45) is 0 Å². The zero-order valence-corrected chi connectivity index (χ0v) is 11.8. The van der Waals surface area contributed by atoms with Crippen LogP contribution in [0.25, 0.3) is 0 Å². The molecule has 2 rings (SSSR count). The SMILES string of the molecule is Cc1cc(C)c(O)c(NS(=O)(=O)c2ccccc2F)c1. The number of hydrogen-bond acceptors (Lipinski definition) is 3. The fourth-order valence-corrected chi connectivity index (χ4v) is 3.04. The van der Waals surface area contributed by atoms with Crippen LogP contribution >= 0.6 is 0 Å². The summed E-state index contributed by atoms with van der Waals surface area (Å²) in [6.07, 6.45) is 0. The fourth-order valence-electron chi connectivity index (χ4n) is 1.90. The zero-order chi connectivity index (χ0) is 14.9. The third-order valence-electron chi connectivity index (χ3n) is 2.82. The number of sulfonamides is 1. The van der Waals surface area contributed by atoms with Crippen molar-refractivity contribution in [3.8, 4) is 5.75 Å². The predicted molar refractivity (Wildman–Crippen MR) is 74.8 cm³/mol. The van der Waals surface area contributed by atoms with Crippen LogP contribution in [0, 0.1) is 19.7 Å². The van der Waals surface area contributed by atoms with Crippen LogP contribution in [0.15, 0.2) is 41.3 Å². The summed E-state index contributed by atoms with van der Waals surface area (Å²) >= 11 is 0. The molecule has 0 aliphatic heterocycles. The number of benzene rings is 2. The number of hydrogen-bond donors (Lipinski definition) is 2. The number of phenolic OH excluding ortho intramolecular Hbond substituents is 1. The largest absolute Gasteiger partial charge is 0.505 e. The van der Waals surface area contributed by atoms with Crippen molar-refractivity contribution in [1.82, 2.24) is 0 Å². The first-order valence-corrected chi connectivity index (χ1v) is 7.37. The van der Waals surface area contributed by atoms with Gasteiger partial charge in [0, 0.05) is 0 Å². The molecular weight excluding hydrogens is 281 g/mol. The van der Waals surface area contributed by atoms with Gasteiger partial charge in [-0.05, 0) is 43.2 Å². The standard InChI is InChI=1S/C14H14FNO3S/c1-9-7-10(2)14(17)12(8-9)16-20(18,19)13-6-4-3-5-11(13)15/h3-8,16-17H,1-2H3. The van der Waals surface area contributed by atoms with Crippen molar-refractivity contribution in [1.29, 1.82) is 0 Å². The maximum absolute atomic E-state index is 13.6. The highest BCUT2D eigenvalue weighted by molar-refractivity contribution is 7.92. The number of rotatable bonds is 3. The molecule has 106 valence electrons. The Kier molecular flexibility index (Phi) is 3.67. The van der Waals surface area contributed by atoms with E-state index in [0.717, 1.165) is 17.7 Å². The Morgan fingerprint density at radius 1 is 1.15 bits per heavy atom. The van der Waals surface area contributed by atoms with Gasteiger partial charge >= 0.3 is 0 Å². The molecular formula is C14H14FNO3S. The Morgan fingerprint density at radius 3 is 2.45 bits per heavy atom. The summed E-state index contributed by atoms with van der Waals surface area (Å²) in [6, 6.07) is 8.27. The van der Waals surface area contributed by atoms with E-state index in [0.29, 0.717) is 5.56 Å². The highest BCUT2D eigenvalue weighted by atomic mass is 32.2. The maximum atomic E-state index is 13.6. The molecule has 0 atom stereocenters. The van der Waals surface area contributed by atoms with E-state index in [9.17, 15) is 17.9 Å². The second-order valence-corrected chi connectivity index (χ2v) is 6.16. The minimum absolute atomic E-state index is 0.0331. The first-order valence-electron chi connectivity index (χ1n) is 5.89. The molecule has 6 heteroatoms.